The maximum atomic E-state index is 10.9. The zero-order valence-corrected chi connectivity index (χ0v) is 7.87. The molecule has 0 saturated carbocycles. The molecular formula is C9H16O3. The first kappa shape index (κ1) is 9.52. The summed E-state index contributed by atoms with van der Waals surface area (Å²) in [6.07, 6.45) is 1.71. The van der Waals surface area contributed by atoms with E-state index < -0.39 is 0 Å². The van der Waals surface area contributed by atoms with E-state index in [2.05, 4.69) is 11.7 Å². The number of methoxy groups -OCH3 is 1. The Morgan fingerprint density at radius 2 is 2.25 bits per heavy atom. The molecule has 1 aliphatic heterocycles. The lowest BCUT2D eigenvalue weighted by Crippen LogP contribution is -2.14. The fraction of sp³-hybridized carbons (Fsp3) is 0.889. The van der Waals surface area contributed by atoms with Gasteiger partial charge in [-0.25, -0.2) is 0 Å². The molecule has 0 bridgehead atoms. The first-order valence-corrected chi connectivity index (χ1v) is 4.35. The van der Waals surface area contributed by atoms with Crippen molar-refractivity contribution in [2.45, 2.75) is 38.9 Å². The summed E-state index contributed by atoms with van der Waals surface area (Å²) in [6.45, 7) is 4.18. The molecule has 1 fully saturated rings. The van der Waals surface area contributed by atoms with Gasteiger partial charge in [0.05, 0.1) is 25.7 Å². The second-order valence-corrected chi connectivity index (χ2v) is 3.46. The van der Waals surface area contributed by atoms with E-state index in [0.717, 1.165) is 6.42 Å². The van der Waals surface area contributed by atoms with Crippen LogP contribution >= 0.6 is 0 Å². The quantitative estimate of drug-likeness (QED) is 0.590. The van der Waals surface area contributed by atoms with Gasteiger partial charge in [-0.05, 0) is 19.3 Å². The molecule has 0 radical (unpaired) electrons. The van der Waals surface area contributed by atoms with Gasteiger partial charge >= 0.3 is 5.97 Å². The van der Waals surface area contributed by atoms with Crippen molar-refractivity contribution < 1.29 is 14.3 Å². The number of ether oxygens (including phenoxy) is 2. The zero-order chi connectivity index (χ0) is 9.14. The SMILES string of the molecule is COC(=O)C[C@H]1C[C@@H](C)C(C)O1. The molecule has 3 nitrogen and oxygen atoms in total. The Balaban J connectivity index is 2.32. The molecule has 0 aliphatic carbocycles. The molecule has 3 heteroatoms. The molecule has 0 N–H and O–H groups in total. The van der Waals surface area contributed by atoms with E-state index in [0.29, 0.717) is 12.3 Å². The largest absolute Gasteiger partial charge is 0.469 e. The number of carbonyl (C=O) groups is 1. The molecule has 1 rings (SSSR count). The van der Waals surface area contributed by atoms with Gasteiger partial charge < -0.3 is 9.47 Å². The molecule has 0 aromatic rings. The topological polar surface area (TPSA) is 35.5 Å². The number of rotatable bonds is 2. The van der Waals surface area contributed by atoms with Crippen LogP contribution in [0.2, 0.25) is 0 Å². The second kappa shape index (κ2) is 3.90. The molecule has 12 heavy (non-hydrogen) atoms. The summed E-state index contributed by atoms with van der Waals surface area (Å²) in [6, 6.07) is 0. The van der Waals surface area contributed by atoms with E-state index in [9.17, 15) is 4.79 Å². The number of hydrogen-bond donors (Lipinski definition) is 0. The van der Waals surface area contributed by atoms with E-state index >= 15 is 0 Å². The van der Waals surface area contributed by atoms with Crippen molar-refractivity contribution in [1.82, 2.24) is 0 Å². The fourth-order valence-electron chi connectivity index (χ4n) is 1.50. The lowest BCUT2D eigenvalue weighted by molar-refractivity contribution is -0.143. The average Bonchev–Trinajstić information content (AvgIpc) is 2.31. The highest BCUT2D eigenvalue weighted by Crippen LogP contribution is 2.27. The summed E-state index contributed by atoms with van der Waals surface area (Å²) in [5.41, 5.74) is 0. The Kier molecular flexibility index (Phi) is 3.09. The fourth-order valence-corrected chi connectivity index (χ4v) is 1.50. The van der Waals surface area contributed by atoms with Crippen molar-refractivity contribution in [2.75, 3.05) is 7.11 Å². The van der Waals surface area contributed by atoms with Crippen molar-refractivity contribution in [2.24, 2.45) is 5.92 Å². The number of esters is 1. The van der Waals surface area contributed by atoms with Crippen molar-refractivity contribution in [3.8, 4) is 0 Å². The van der Waals surface area contributed by atoms with Gasteiger partial charge in [-0.2, -0.15) is 0 Å². The minimum atomic E-state index is -0.179. The number of carbonyl (C=O) groups excluding carboxylic acids is 1. The smallest absolute Gasteiger partial charge is 0.308 e. The minimum absolute atomic E-state index is 0.0717. The third-order valence-electron chi connectivity index (χ3n) is 2.47. The molecule has 0 aromatic heterocycles. The molecule has 1 saturated heterocycles. The third-order valence-corrected chi connectivity index (χ3v) is 2.47. The van der Waals surface area contributed by atoms with Crippen molar-refractivity contribution in [1.29, 1.82) is 0 Å². The van der Waals surface area contributed by atoms with Gasteiger partial charge in [-0.1, -0.05) is 6.92 Å². The monoisotopic (exact) mass is 172 g/mol. The van der Waals surface area contributed by atoms with Gasteiger partial charge in [-0.3, -0.25) is 4.79 Å². The molecule has 1 unspecified atom stereocenters. The number of hydrogen-bond acceptors (Lipinski definition) is 3. The Morgan fingerprint density at radius 1 is 1.58 bits per heavy atom. The zero-order valence-electron chi connectivity index (χ0n) is 7.87. The summed E-state index contributed by atoms with van der Waals surface area (Å²) in [5, 5.41) is 0. The Bertz CT molecular complexity index is 157. The maximum absolute atomic E-state index is 10.9. The predicted molar refractivity (Wildman–Crippen MR) is 44.7 cm³/mol. The predicted octanol–water partition coefficient (Wildman–Crippen LogP) is 1.36. The molecule has 0 spiro atoms. The normalized spacial score (nSPS) is 35.1. The standard InChI is InChI=1S/C9H16O3/c1-6-4-8(12-7(6)2)5-9(10)11-3/h6-8H,4-5H2,1-3H3/t6-,7?,8-/m1/s1. The molecule has 3 atom stereocenters. The van der Waals surface area contributed by atoms with Crippen LogP contribution in [0.4, 0.5) is 0 Å². The summed E-state index contributed by atoms with van der Waals surface area (Å²) >= 11 is 0. The van der Waals surface area contributed by atoms with E-state index in [-0.39, 0.29) is 18.2 Å². The van der Waals surface area contributed by atoms with Crippen molar-refractivity contribution in [3.63, 3.8) is 0 Å². The highest BCUT2D eigenvalue weighted by Gasteiger charge is 2.30. The maximum Gasteiger partial charge on any atom is 0.308 e. The summed E-state index contributed by atoms with van der Waals surface area (Å²) in [5.74, 6) is 0.376. The van der Waals surface area contributed by atoms with E-state index in [1.165, 1.54) is 7.11 Å². The molecule has 0 amide bonds. The summed E-state index contributed by atoms with van der Waals surface area (Å²) in [4.78, 5) is 10.9. The second-order valence-electron chi connectivity index (χ2n) is 3.46. The molecular weight excluding hydrogens is 156 g/mol. The van der Waals surface area contributed by atoms with Crippen LogP contribution in [-0.4, -0.2) is 25.3 Å². The van der Waals surface area contributed by atoms with E-state index in [1.807, 2.05) is 6.92 Å². The van der Waals surface area contributed by atoms with Crippen LogP contribution in [0.15, 0.2) is 0 Å². The Labute approximate surface area is 73.0 Å². The van der Waals surface area contributed by atoms with Gasteiger partial charge in [0, 0.05) is 0 Å². The highest BCUT2D eigenvalue weighted by molar-refractivity contribution is 5.69. The molecule has 1 heterocycles. The van der Waals surface area contributed by atoms with Crippen LogP contribution in [0.1, 0.15) is 26.7 Å². The van der Waals surface area contributed by atoms with Gasteiger partial charge in [0.1, 0.15) is 0 Å². The van der Waals surface area contributed by atoms with Crippen LogP contribution in [-0.2, 0) is 14.3 Å². The molecule has 1 aliphatic rings. The van der Waals surface area contributed by atoms with Crippen LogP contribution in [0.25, 0.3) is 0 Å². The van der Waals surface area contributed by atoms with Gasteiger partial charge in [0.25, 0.3) is 0 Å². The van der Waals surface area contributed by atoms with Gasteiger partial charge in [0.2, 0.25) is 0 Å². The highest BCUT2D eigenvalue weighted by atomic mass is 16.5. The minimum Gasteiger partial charge on any atom is -0.469 e. The average molecular weight is 172 g/mol. The van der Waals surface area contributed by atoms with Crippen LogP contribution in [0.5, 0.6) is 0 Å². The Hall–Kier alpha value is -0.570. The van der Waals surface area contributed by atoms with Crippen molar-refractivity contribution in [3.05, 3.63) is 0 Å². The lowest BCUT2D eigenvalue weighted by Gasteiger charge is -2.08. The first-order valence-electron chi connectivity index (χ1n) is 4.35. The van der Waals surface area contributed by atoms with E-state index in [1.54, 1.807) is 0 Å². The summed E-state index contributed by atoms with van der Waals surface area (Å²) in [7, 11) is 1.41. The summed E-state index contributed by atoms with van der Waals surface area (Å²) < 4.78 is 10.1. The van der Waals surface area contributed by atoms with E-state index in [4.69, 9.17) is 4.74 Å². The van der Waals surface area contributed by atoms with Crippen molar-refractivity contribution >= 4 is 5.97 Å². The first-order chi connectivity index (χ1) is 5.63. The van der Waals surface area contributed by atoms with Crippen LogP contribution in [0.3, 0.4) is 0 Å². The van der Waals surface area contributed by atoms with Crippen LogP contribution in [0, 0.1) is 5.92 Å². The van der Waals surface area contributed by atoms with Gasteiger partial charge in [0.15, 0.2) is 0 Å². The lowest BCUT2D eigenvalue weighted by atomic mass is 10.0. The third kappa shape index (κ3) is 2.21. The Morgan fingerprint density at radius 3 is 2.67 bits per heavy atom. The molecule has 70 valence electrons. The van der Waals surface area contributed by atoms with Gasteiger partial charge in [-0.15, -0.1) is 0 Å². The van der Waals surface area contributed by atoms with Crippen LogP contribution < -0.4 is 0 Å². The molecule has 0 aromatic carbocycles.